The topological polar surface area (TPSA) is 116 Å². The lowest BCUT2D eigenvalue weighted by molar-refractivity contribution is 0.0241. The minimum absolute atomic E-state index is 0.00164. The van der Waals surface area contributed by atoms with Crippen molar-refractivity contribution < 1.29 is 43.7 Å². The Bertz CT molecular complexity index is 511. The second kappa shape index (κ2) is 17.4. The third-order valence-electron chi connectivity index (χ3n) is 3.63. The highest BCUT2D eigenvalue weighted by atomic mass is 16.6. The van der Waals surface area contributed by atoms with E-state index in [9.17, 15) is 5.11 Å². The number of aliphatic hydroxyl groups is 3. The summed E-state index contributed by atoms with van der Waals surface area (Å²) in [5.74, 6) is 1.19. The SMILES string of the molecule is CC(O)c1cc(OCCOCCOCCO)ccc1OCCOCCOCCO. The van der Waals surface area contributed by atoms with Crippen LogP contribution in [0.25, 0.3) is 0 Å². The predicted molar refractivity (Wildman–Crippen MR) is 106 cm³/mol. The largest absolute Gasteiger partial charge is 0.491 e. The molecule has 29 heavy (non-hydrogen) atoms. The first-order valence-corrected chi connectivity index (χ1v) is 9.79. The van der Waals surface area contributed by atoms with E-state index >= 15 is 0 Å². The van der Waals surface area contributed by atoms with E-state index in [2.05, 4.69) is 0 Å². The van der Waals surface area contributed by atoms with Gasteiger partial charge in [-0.2, -0.15) is 0 Å². The van der Waals surface area contributed by atoms with Crippen molar-refractivity contribution in [2.75, 3.05) is 79.3 Å². The Hall–Kier alpha value is -1.46. The van der Waals surface area contributed by atoms with Gasteiger partial charge in [-0.3, -0.25) is 0 Å². The zero-order valence-corrected chi connectivity index (χ0v) is 17.1. The van der Waals surface area contributed by atoms with E-state index in [0.717, 1.165) is 0 Å². The van der Waals surface area contributed by atoms with Gasteiger partial charge in [-0.1, -0.05) is 0 Å². The van der Waals surface area contributed by atoms with Gasteiger partial charge in [0.15, 0.2) is 0 Å². The number of rotatable bonds is 19. The van der Waals surface area contributed by atoms with Crippen molar-refractivity contribution in [1.29, 1.82) is 0 Å². The number of hydrogen-bond acceptors (Lipinski definition) is 9. The van der Waals surface area contributed by atoms with Gasteiger partial charge in [0.1, 0.15) is 24.7 Å². The lowest BCUT2D eigenvalue weighted by Crippen LogP contribution is -2.13. The molecule has 1 unspecified atom stereocenters. The monoisotopic (exact) mass is 418 g/mol. The molecule has 0 saturated heterocycles. The van der Waals surface area contributed by atoms with Crippen LogP contribution in [-0.2, 0) is 18.9 Å². The fourth-order valence-electron chi connectivity index (χ4n) is 2.28. The van der Waals surface area contributed by atoms with Crippen LogP contribution < -0.4 is 9.47 Å². The summed E-state index contributed by atoms with van der Waals surface area (Å²) >= 11 is 0. The fourth-order valence-corrected chi connectivity index (χ4v) is 2.28. The summed E-state index contributed by atoms with van der Waals surface area (Å²) < 4.78 is 32.3. The molecule has 9 nitrogen and oxygen atoms in total. The van der Waals surface area contributed by atoms with Crippen LogP contribution in [0.2, 0.25) is 0 Å². The van der Waals surface area contributed by atoms with Gasteiger partial charge in [0.2, 0.25) is 0 Å². The summed E-state index contributed by atoms with van der Waals surface area (Å²) in [6.45, 7) is 5.49. The summed E-state index contributed by atoms with van der Waals surface area (Å²) in [4.78, 5) is 0. The van der Waals surface area contributed by atoms with Crippen molar-refractivity contribution in [3.8, 4) is 11.5 Å². The quantitative estimate of drug-likeness (QED) is 0.277. The third-order valence-corrected chi connectivity index (χ3v) is 3.63. The minimum Gasteiger partial charge on any atom is -0.491 e. The van der Waals surface area contributed by atoms with E-state index < -0.39 is 6.10 Å². The standard InChI is InChI=1S/C20H34O9/c1-17(23)19-16-18(28-14-12-26-10-8-24-6-4-21)2-3-20(19)29-15-13-27-11-9-25-7-5-22/h2-3,16-17,21-23H,4-15H2,1H3. The van der Waals surface area contributed by atoms with Crippen molar-refractivity contribution >= 4 is 0 Å². The highest BCUT2D eigenvalue weighted by Gasteiger charge is 2.11. The molecule has 0 bridgehead atoms. The molecule has 0 radical (unpaired) electrons. The molecule has 1 rings (SSSR count). The van der Waals surface area contributed by atoms with E-state index in [1.54, 1.807) is 25.1 Å². The molecule has 0 aromatic heterocycles. The molecule has 0 aliphatic heterocycles. The molecular formula is C20H34O9. The van der Waals surface area contributed by atoms with E-state index in [1.165, 1.54) is 0 Å². The van der Waals surface area contributed by atoms with Crippen LogP contribution in [0, 0.1) is 0 Å². The average Bonchev–Trinajstić information content (AvgIpc) is 2.72. The first-order valence-electron chi connectivity index (χ1n) is 9.79. The van der Waals surface area contributed by atoms with Gasteiger partial charge in [-0.15, -0.1) is 0 Å². The smallest absolute Gasteiger partial charge is 0.125 e. The molecule has 9 heteroatoms. The zero-order chi connectivity index (χ0) is 21.2. The van der Waals surface area contributed by atoms with E-state index in [-0.39, 0.29) is 13.2 Å². The molecule has 0 spiro atoms. The fraction of sp³-hybridized carbons (Fsp3) is 0.700. The Morgan fingerprint density at radius 3 is 1.69 bits per heavy atom. The molecule has 168 valence electrons. The molecule has 0 fully saturated rings. The lowest BCUT2D eigenvalue weighted by Gasteiger charge is -2.16. The number of hydrogen-bond donors (Lipinski definition) is 3. The molecule has 0 aliphatic rings. The van der Waals surface area contributed by atoms with Crippen LogP contribution in [-0.4, -0.2) is 94.6 Å². The van der Waals surface area contributed by atoms with Crippen LogP contribution in [0.3, 0.4) is 0 Å². The van der Waals surface area contributed by atoms with Gasteiger partial charge >= 0.3 is 0 Å². The molecule has 0 saturated carbocycles. The highest BCUT2D eigenvalue weighted by molar-refractivity contribution is 5.41. The van der Waals surface area contributed by atoms with Crippen LogP contribution in [0.5, 0.6) is 11.5 Å². The molecular weight excluding hydrogens is 384 g/mol. The maximum atomic E-state index is 10.0. The maximum absolute atomic E-state index is 10.0. The number of ether oxygens (including phenoxy) is 6. The molecule has 0 amide bonds. The first kappa shape index (κ1) is 25.6. The minimum atomic E-state index is -0.707. The van der Waals surface area contributed by atoms with Crippen LogP contribution >= 0.6 is 0 Å². The van der Waals surface area contributed by atoms with Gasteiger partial charge < -0.3 is 43.7 Å². The lowest BCUT2D eigenvalue weighted by atomic mass is 10.1. The normalized spacial score (nSPS) is 12.1. The van der Waals surface area contributed by atoms with Gasteiger partial charge in [0.25, 0.3) is 0 Å². The summed E-state index contributed by atoms with van der Waals surface area (Å²) in [6.07, 6.45) is -0.707. The summed E-state index contributed by atoms with van der Waals surface area (Å²) in [5.41, 5.74) is 0.632. The molecule has 3 N–H and O–H groups in total. The third kappa shape index (κ3) is 12.7. The van der Waals surface area contributed by atoms with Crippen molar-refractivity contribution in [2.24, 2.45) is 0 Å². The zero-order valence-electron chi connectivity index (χ0n) is 17.1. The van der Waals surface area contributed by atoms with Gasteiger partial charge in [-0.05, 0) is 25.1 Å². The van der Waals surface area contributed by atoms with E-state index in [4.69, 9.17) is 38.6 Å². The first-order chi connectivity index (χ1) is 14.2. The summed E-state index contributed by atoms with van der Waals surface area (Å²) in [5, 5.41) is 27.2. The Kier molecular flexibility index (Phi) is 15.3. The second-order valence-corrected chi connectivity index (χ2v) is 5.97. The van der Waals surface area contributed by atoms with Crippen molar-refractivity contribution in [3.63, 3.8) is 0 Å². The average molecular weight is 418 g/mol. The Balaban J connectivity index is 2.28. The Morgan fingerprint density at radius 1 is 0.690 bits per heavy atom. The van der Waals surface area contributed by atoms with Crippen molar-refractivity contribution in [1.82, 2.24) is 0 Å². The summed E-state index contributed by atoms with van der Waals surface area (Å²) in [7, 11) is 0. The molecule has 1 atom stereocenters. The summed E-state index contributed by atoms with van der Waals surface area (Å²) in [6, 6.07) is 5.27. The van der Waals surface area contributed by atoms with Crippen LogP contribution in [0.4, 0.5) is 0 Å². The van der Waals surface area contributed by atoms with Crippen LogP contribution in [0.15, 0.2) is 18.2 Å². The van der Waals surface area contributed by atoms with Gasteiger partial charge in [0, 0.05) is 5.56 Å². The Labute approximate surface area is 172 Å². The molecule has 0 aliphatic carbocycles. The maximum Gasteiger partial charge on any atom is 0.125 e. The van der Waals surface area contributed by atoms with E-state index in [0.29, 0.717) is 83.1 Å². The van der Waals surface area contributed by atoms with E-state index in [1.807, 2.05) is 0 Å². The molecule has 0 heterocycles. The predicted octanol–water partition coefficient (Wildman–Crippen LogP) is 0.549. The number of aliphatic hydroxyl groups excluding tert-OH is 3. The van der Waals surface area contributed by atoms with Gasteiger partial charge in [-0.25, -0.2) is 0 Å². The number of benzene rings is 1. The Morgan fingerprint density at radius 2 is 1.17 bits per heavy atom. The van der Waals surface area contributed by atoms with Gasteiger partial charge in [0.05, 0.1) is 72.2 Å². The molecule has 1 aromatic rings. The van der Waals surface area contributed by atoms with Crippen molar-refractivity contribution in [2.45, 2.75) is 13.0 Å². The van der Waals surface area contributed by atoms with Crippen molar-refractivity contribution in [3.05, 3.63) is 23.8 Å². The van der Waals surface area contributed by atoms with Crippen LogP contribution in [0.1, 0.15) is 18.6 Å². The highest BCUT2D eigenvalue weighted by Crippen LogP contribution is 2.29. The molecule has 1 aromatic carbocycles. The second-order valence-electron chi connectivity index (χ2n) is 5.97.